The summed E-state index contributed by atoms with van der Waals surface area (Å²) in [5.74, 6) is 0. The summed E-state index contributed by atoms with van der Waals surface area (Å²) in [6, 6.07) is 1.09. The van der Waals surface area contributed by atoms with Crippen molar-refractivity contribution >= 4 is 0 Å². The van der Waals surface area contributed by atoms with Crippen LogP contribution in [0.5, 0.6) is 0 Å². The second-order valence-corrected chi connectivity index (χ2v) is 3.08. The third kappa shape index (κ3) is 3.67. The second kappa shape index (κ2) is 4.51. The summed E-state index contributed by atoms with van der Waals surface area (Å²) in [6.07, 6.45) is 2.15. The Kier molecular flexibility index (Phi) is 4.37. The van der Waals surface area contributed by atoms with E-state index in [9.17, 15) is 0 Å². The van der Waals surface area contributed by atoms with E-state index in [0.717, 1.165) is 0 Å². The van der Waals surface area contributed by atoms with Gasteiger partial charge >= 0.3 is 0 Å². The highest BCUT2D eigenvalue weighted by Gasteiger charge is 2.02. The second-order valence-electron chi connectivity index (χ2n) is 3.08. The molecule has 60 valence electrons. The Labute approximate surface area is 64.5 Å². The topological polar surface area (TPSA) is 12.0 Å². The van der Waals surface area contributed by atoms with Gasteiger partial charge in [0, 0.05) is 12.1 Å². The molecule has 0 spiro atoms. The molecule has 0 fully saturated rings. The maximum atomic E-state index is 3.43. The van der Waals surface area contributed by atoms with E-state index in [1.807, 2.05) is 0 Å². The Morgan fingerprint density at radius 2 is 1.80 bits per heavy atom. The van der Waals surface area contributed by atoms with Crippen molar-refractivity contribution in [3.63, 3.8) is 0 Å². The van der Waals surface area contributed by atoms with Crippen molar-refractivity contribution in [2.75, 3.05) is 0 Å². The van der Waals surface area contributed by atoms with Gasteiger partial charge in [0.25, 0.3) is 0 Å². The molecule has 1 atom stereocenters. The predicted molar refractivity (Wildman–Crippen MR) is 47.2 cm³/mol. The van der Waals surface area contributed by atoms with Crippen molar-refractivity contribution in [3.05, 3.63) is 11.6 Å². The number of nitrogens with one attached hydrogen (secondary N) is 1. The molecule has 0 saturated heterocycles. The van der Waals surface area contributed by atoms with Crippen LogP contribution in [0.15, 0.2) is 11.6 Å². The molecule has 0 rings (SSSR count). The summed E-state index contributed by atoms with van der Waals surface area (Å²) in [5.41, 5.74) is 1.41. The van der Waals surface area contributed by atoms with E-state index in [0.29, 0.717) is 12.1 Å². The Hall–Kier alpha value is -0.300. The normalized spacial score (nSPS) is 16.0. The first kappa shape index (κ1) is 9.70. The lowest BCUT2D eigenvalue weighted by Crippen LogP contribution is -2.32. The van der Waals surface area contributed by atoms with E-state index in [2.05, 4.69) is 46.0 Å². The highest BCUT2D eigenvalue weighted by atomic mass is 14.9. The predicted octanol–water partition coefficient (Wildman–Crippen LogP) is 2.34. The van der Waals surface area contributed by atoms with Gasteiger partial charge in [0.2, 0.25) is 0 Å². The molecule has 0 radical (unpaired) electrons. The van der Waals surface area contributed by atoms with Gasteiger partial charge in [-0.2, -0.15) is 0 Å². The minimum Gasteiger partial charge on any atom is -0.308 e. The fourth-order valence-corrected chi connectivity index (χ4v) is 0.881. The smallest absolute Gasteiger partial charge is 0.0250 e. The van der Waals surface area contributed by atoms with Gasteiger partial charge in [0.1, 0.15) is 0 Å². The van der Waals surface area contributed by atoms with Crippen molar-refractivity contribution in [2.24, 2.45) is 0 Å². The molecule has 0 aromatic carbocycles. The Morgan fingerprint density at radius 1 is 1.30 bits per heavy atom. The molecule has 0 heterocycles. The Bertz CT molecular complexity index is 114. The molecule has 0 aromatic heterocycles. The number of allylic oxidation sites excluding steroid dienone is 1. The first-order valence-corrected chi connectivity index (χ1v) is 3.96. The molecule has 0 bridgehead atoms. The van der Waals surface area contributed by atoms with Crippen LogP contribution in [0.2, 0.25) is 0 Å². The van der Waals surface area contributed by atoms with Crippen molar-refractivity contribution in [3.8, 4) is 0 Å². The molecule has 0 aromatic rings. The first-order valence-electron chi connectivity index (χ1n) is 3.96. The van der Waals surface area contributed by atoms with Gasteiger partial charge < -0.3 is 5.32 Å². The van der Waals surface area contributed by atoms with Crippen LogP contribution in [-0.2, 0) is 0 Å². The average Bonchev–Trinajstić information content (AvgIpc) is 1.85. The highest BCUT2D eigenvalue weighted by molar-refractivity contribution is 5.04. The summed E-state index contributed by atoms with van der Waals surface area (Å²) in [5, 5.41) is 3.43. The SMILES string of the molecule is C/C=C(/C)C(C)NC(C)C. The van der Waals surface area contributed by atoms with Crippen LogP contribution in [0, 0.1) is 0 Å². The molecule has 1 nitrogen and oxygen atoms in total. The standard InChI is InChI=1S/C9H19N/c1-6-8(4)9(5)10-7(2)3/h6-7,9-10H,1-5H3/b8-6-. The quantitative estimate of drug-likeness (QED) is 0.595. The Balaban J connectivity index is 3.73. The molecule has 1 unspecified atom stereocenters. The lowest BCUT2D eigenvalue weighted by atomic mass is 10.1. The van der Waals surface area contributed by atoms with Crippen LogP contribution in [0.4, 0.5) is 0 Å². The minimum absolute atomic E-state index is 0.519. The summed E-state index contributed by atoms with van der Waals surface area (Å²) in [4.78, 5) is 0. The van der Waals surface area contributed by atoms with E-state index in [1.54, 1.807) is 0 Å². The zero-order chi connectivity index (χ0) is 8.15. The van der Waals surface area contributed by atoms with Crippen molar-refractivity contribution in [1.82, 2.24) is 5.32 Å². The molecule has 1 N–H and O–H groups in total. The van der Waals surface area contributed by atoms with Crippen LogP contribution in [0.25, 0.3) is 0 Å². The summed E-state index contributed by atoms with van der Waals surface area (Å²) < 4.78 is 0. The van der Waals surface area contributed by atoms with Crippen molar-refractivity contribution < 1.29 is 0 Å². The molecule has 0 saturated carbocycles. The summed E-state index contributed by atoms with van der Waals surface area (Å²) >= 11 is 0. The van der Waals surface area contributed by atoms with Crippen LogP contribution in [0.3, 0.4) is 0 Å². The molecule has 0 amide bonds. The van der Waals surface area contributed by atoms with Gasteiger partial charge in [-0.25, -0.2) is 0 Å². The molecular formula is C9H19N. The molecular weight excluding hydrogens is 122 g/mol. The molecule has 10 heavy (non-hydrogen) atoms. The maximum Gasteiger partial charge on any atom is 0.0250 e. The summed E-state index contributed by atoms with van der Waals surface area (Å²) in [7, 11) is 0. The summed E-state index contributed by atoms with van der Waals surface area (Å²) in [6.45, 7) is 10.8. The Morgan fingerprint density at radius 3 is 2.10 bits per heavy atom. The largest absolute Gasteiger partial charge is 0.308 e. The minimum atomic E-state index is 0.519. The van der Waals surface area contributed by atoms with Gasteiger partial charge in [-0.1, -0.05) is 25.5 Å². The van der Waals surface area contributed by atoms with Crippen molar-refractivity contribution in [2.45, 2.75) is 46.7 Å². The number of rotatable bonds is 3. The van der Waals surface area contributed by atoms with Gasteiger partial charge in [-0.15, -0.1) is 0 Å². The third-order valence-corrected chi connectivity index (χ3v) is 1.72. The maximum absolute atomic E-state index is 3.43. The van der Waals surface area contributed by atoms with Crippen LogP contribution >= 0.6 is 0 Å². The van der Waals surface area contributed by atoms with Crippen LogP contribution in [0.1, 0.15) is 34.6 Å². The van der Waals surface area contributed by atoms with Gasteiger partial charge in [-0.05, 0) is 20.8 Å². The molecule has 0 aliphatic rings. The molecule has 0 aliphatic carbocycles. The fourth-order valence-electron chi connectivity index (χ4n) is 0.881. The van der Waals surface area contributed by atoms with E-state index in [-0.39, 0.29) is 0 Å². The monoisotopic (exact) mass is 141 g/mol. The van der Waals surface area contributed by atoms with Crippen LogP contribution < -0.4 is 5.32 Å². The fraction of sp³-hybridized carbons (Fsp3) is 0.778. The third-order valence-electron chi connectivity index (χ3n) is 1.72. The van der Waals surface area contributed by atoms with Gasteiger partial charge in [-0.3, -0.25) is 0 Å². The van der Waals surface area contributed by atoms with Crippen LogP contribution in [-0.4, -0.2) is 12.1 Å². The lowest BCUT2D eigenvalue weighted by Gasteiger charge is -2.16. The van der Waals surface area contributed by atoms with E-state index >= 15 is 0 Å². The first-order chi connectivity index (χ1) is 4.57. The van der Waals surface area contributed by atoms with Crippen molar-refractivity contribution in [1.29, 1.82) is 0 Å². The highest BCUT2D eigenvalue weighted by Crippen LogP contribution is 2.00. The molecule has 0 aliphatic heterocycles. The number of hydrogen-bond acceptors (Lipinski definition) is 1. The number of hydrogen-bond donors (Lipinski definition) is 1. The zero-order valence-corrected chi connectivity index (χ0v) is 7.73. The van der Waals surface area contributed by atoms with Gasteiger partial charge in [0.05, 0.1) is 0 Å². The van der Waals surface area contributed by atoms with E-state index in [4.69, 9.17) is 0 Å². The lowest BCUT2D eigenvalue weighted by molar-refractivity contribution is 0.532. The molecule has 1 heteroatoms. The van der Waals surface area contributed by atoms with Gasteiger partial charge in [0.15, 0.2) is 0 Å². The zero-order valence-electron chi connectivity index (χ0n) is 7.73. The van der Waals surface area contributed by atoms with E-state index < -0.39 is 0 Å². The van der Waals surface area contributed by atoms with E-state index in [1.165, 1.54) is 5.57 Å². The average molecular weight is 141 g/mol.